The highest BCUT2D eigenvalue weighted by Gasteiger charge is 2.00. The highest BCUT2D eigenvalue weighted by Crippen LogP contribution is 2.12. The lowest BCUT2D eigenvalue weighted by molar-refractivity contribution is 0.199. The minimum absolute atomic E-state index is 0.283. The van der Waals surface area contributed by atoms with E-state index in [0.29, 0.717) is 13.2 Å². The molecule has 0 radical (unpaired) electrons. The average Bonchev–Trinajstić information content (AvgIpc) is 2.82. The second-order valence-corrected chi connectivity index (χ2v) is 4.39. The van der Waals surface area contributed by atoms with Crippen LogP contribution < -0.4 is 5.32 Å². The zero-order chi connectivity index (χ0) is 13.5. The second-order valence-electron chi connectivity index (χ2n) is 4.39. The first kappa shape index (κ1) is 13.6. The first-order chi connectivity index (χ1) is 9.28. The molecule has 2 aromatic rings. The van der Waals surface area contributed by atoms with Crippen molar-refractivity contribution in [2.75, 3.05) is 20.3 Å². The van der Waals surface area contributed by atoms with E-state index < -0.39 is 0 Å². The fourth-order valence-electron chi connectivity index (χ4n) is 1.83. The Balaban J connectivity index is 1.87. The zero-order valence-corrected chi connectivity index (χ0v) is 11.0. The molecule has 1 heterocycles. The fourth-order valence-corrected chi connectivity index (χ4v) is 1.83. The van der Waals surface area contributed by atoms with Crippen LogP contribution in [0.2, 0.25) is 0 Å². The lowest BCUT2D eigenvalue weighted by Gasteiger charge is -2.03. The van der Waals surface area contributed by atoms with Gasteiger partial charge in [0, 0.05) is 32.0 Å². The first-order valence-electron chi connectivity index (χ1n) is 6.27. The van der Waals surface area contributed by atoms with E-state index in [0.717, 1.165) is 24.2 Å². The Hall–Kier alpha value is -1.85. The van der Waals surface area contributed by atoms with Gasteiger partial charge >= 0.3 is 0 Å². The van der Waals surface area contributed by atoms with Gasteiger partial charge in [-0.05, 0) is 17.7 Å². The highest BCUT2D eigenvalue weighted by atomic mass is 16.5. The lowest BCUT2D eigenvalue weighted by Crippen LogP contribution is -2.18. The van der Waals surface area contributed by atoms with Crippen LogP contribution in [0.3, 0.4) is 0 Å². The van der Waals surface area contributed by atoms with E-state index in [-0.39, 0.29) is 5.75 Å². The molecule has 5 nitrogen and oxygen atoms in total. The molecule has 2 N–H and O–H groups in total. The molecular formula is C14H19N3O2. The summed E-state index contributed by atoms with van der Waals surface area (Å²) in [5.41, 5.74) is 2.17. The third kappa shape index (κ3) is 4.39. The first-order valence-corrected chi connectivity index (χ1v) is 6.27. The third-order valence-corrected chi connectivity index (χ3v) is 2.75. The summed E-state index contributed by atoms with van der Waals surface area (Å²) in [4.78, 5) is 0. The Morgan fingerprint density at radius 3 is 3.05 bits per heavy atom. The summed E-state index contributed by atoms with van der Waals surface area (Å²) in [6.45, 7) is 2.97. The molecule has 5 heteroatoms. The number of phenolic OH excluding ortho intramolecular Hbond substituents is 1. The second kappa shape index (κ2) is 6.92. The highest BCUT2D eigenvalue weighted by molar-refractivity contribution is 5.27. The van der Waals surface area contributed by atoms with Gasteiger partial charge < -0.3 is 15.2 Å². The lowest BCUT2D eigenvalue weighted by atomic mass is 10.2. The number of hydrogen-bond acceptors (Lipinski definition) is 4. The number of methoxy groups -OCH3 is 1. The van der Waals surface area contributed by atoms with Crippen molar-refractivity contribution >= 4 is 0 Å². The van der Waals surface area contributed by atoms with Crippen LogP contribution in [-0.4, -0.2) is 35.1 Å². The smallest absolute Gasteiger partial charge is 0.115 e. The standard InChI is InChI=1S/C14H19N3O2/c1-19-6-5-15-8-13-9-16-17(11-13)10-12-3-2-4-14(18)7-12/h2-4,7,9,11,15,18H,5-6,8,10H2,1H3. The minimum Gasteiger partial charge on any atom is -0.508 e. The molecule has 0 saturated heterocycles. The van der Waals surface area contributed by atoms with Crippen molar-refractivity contribution < 1.29 is 9.84 Å². The van der Waals surface area contributed by atoms with Gasteiger partial charge in [0.1, 0.15) is 5.75 Å². The predicted octanol–water partition coefficient (Wildman–Crippen LogP) is 1.37. The molecule has 19 heavy (non-hydrogen) atoms. The molecule has 0 bridgehead atoms. The molecule has 0 aliphatic heterocycles. The number of nitrogens with zero attached hydrogens (tertiary/aromatic N) is 2. The van der Waals surface area contributed by atoms with E-state index in [2.05, 4.69) is 10.4 Å². The van der Waals surface area contributed by atoms with Crippen molar-refractivity contribution in [3.05, 3.63) is 47.8 Å². The van der Waals surface area contributed by atoms with Crippen molar-refractivity contribution in [3.8, 4) is 5.75 Å². The molecule has 0 atom stereocenters. The molecule has 0 aliphatic carbocycles. The third-order valence-electron chi connectivity index (χ3n) is 2.75. The van der Waals surface area contributed by atoms with E-state index in [9.17, 15) is 5.11 Å². The maximum atomic E-state index is 9.41. The number of benzene rings is 1. The Morgan fingerprint density at radius 2 is 2.26 bits per heavy atom. The normalized spacial score (nSPS) is 10.8. The molecule has 102 valence electrons. The molecule has 1 aromatic carbocycles. The van der Waals surface area contributed by atoms with Gasteiger partial charge in [0.2, 0.25) is 0 Å². The van der Waals surface area contributed by atoms with Crippen LogP contribution in [0.15, 0.2) is 36.7 Å². The van der Waals surface area contributed by atoms with Crippen molar-refractivity contribution in [2.24, 2.45) is 0 Å². The summed E-state index contributed by atoms with van der Waals surface area (Å²) in [6.07, 6.45) is 3.85. The van der Waals surface area contributed by atoms with Gasteiger partial charge in [0.15, 0.2) is 0 Å². The topological polar surface area (TPSA) is 59.3 Å². The summed E-state index contributed by atoms with van der Waals surface area (Å²) in [5, 5.41) is 17.0. The summed E-state index contributed by atoms with van der Waals surface area (Å²) in [6, 6.07) is 7.22. The molecule has 0 unspecified atom stereocenters. The van der Waals surface area contributed by atoms with Crippen molar-refractivity contribution in [3.63, 3.8) is 0 Å². The Bertz CT molecular complexity index is 511. The summed E-state index contributed by atoms with van der Waals surface area (Å²) >= 11 is 0. The van der Waals surface area contributed by atoms with Crippen LogP contribution in [0.4, 0.5) is 0 Å². The summed E-state index contributed by atoms with van der Waals surface area (Å²) in [5.74, 6) is 0.283. The van der Waals surface area contributed by atoms with E-state index in [1.807, 2.05) is 29.2 Å². The van der Waals surface area contributed by atoms with E-state index in [1.165, 1.54) is 0 Å². The van der Waals surface area contributed by atoms with Crippen LogP contribution in [0.25, 0.3) is 0 Å². The minimum atomic E-state index is 0.283. The Kier molecular flexibility index (Phi) is 4.94. The van der Waals surface area contributed by atoms with Crippen LogP contribution in [0, 0.1) is 0 Å². The van der Waals surface area contributed by atoms with E-state index >= 15 is 0 Å². The molecule has 2 rings (SSSR count). The van der Waals surface area contributed by atoms with Gasteiger partial charge in [-0.3, -0.25) is 4.68 Å². The molecule has 0 fully saturated rings. The molecule has 0 saturated carbocycles. The van der Waals surface area contributed by atoms with Crippen molar-refractivity contribution in [1.29, 1.82) is 0 Å². The number of ether oxygens (including phenoxy) is 1. The maximum absolute atomic E-state index is 9.41. The molecule has 0 spiro atoms. The quantitative estimate of drug-likeness (QED) is 0.739. The van der Waals surface area contributed by atoms with Gasteiger partial charge in [0.05, 0.1) is 19.3 Å². The van der Waals surface area contributed by atoms with Gasteiger partial charge in [0.25, 0.3) is 0 Å². The monoisotopic (exact) mass is 261 g/mol. The number of phenols is 1. The number of nitrogens with one attached hydrogen (secondary N) is 1. The van der Waals surface area contributed by atoms with Crippen LogP contribution in [-0.2, 0) is 17.8 Å². The van der Waals surface area contributed by atoms with Gasteiger partial charge in [-0.25, -0.2) is 0 Å². The van der Waals surface area contributed by atoms with Gasteiger partial charge in [-0.1, -0.05) is 12.1 Å². The Morgan fingerprint density at radius 1 is 1.37 bits per heavy atom. The molecular weight excluding hydrogens is 242 g/mol. The van der Waals surface area contributed by atoms with Crippen LogP contribution >= 0.6 is 0 Å². The number of hydrogen-bond donors (Lipinski definition) is 2. The van der Waals surface area contributed by atoms with Gasteiger partial charge in [-0.2, -0.15) is 5.10 Å². The van der Waals surface area contributed by atoms with E-state index in [1.54, 1.807) is 19.2 Å². The van der Waals surface area contributed by atoms with Crippen LogP contribution in [0.1, 0.15) is 11.1 Å². The van der Waals surface area contributed by atoms with Gasteiger partial charge in [-0.15, -0.1) is 0 Å². The van der Waals surface area contributed by atoms with E-state index in [4.69, 9.17) is 4.74 Å². The number of rotatable bonds is 7. The average molecular weight is 261 g/mol. The predicted molar refractivity (Wildman–Crippen MR) is 73.0 cm³/mol. The molecule has 1 aromatic heterocycles. The van der Waals surface area contributed by atoms with Crippen LogP contribution in [0.5, 0.6) is 5.75 Å². The SMILES string of the molecule is COCCNCc1cnn(Cc2cccc(O)c2)c1. The largest absolute Gasteiger partial charge is 0.508 e. The number of aromatic nitrogens is 2. The maximum Gasteiger partial charge on any atom is 0.115 e. The van der Waals surface area contributed by atoms with Crippen molar-refractivity contribution in [1.82, 2.24) is 15.1 Å². The molecule has 0 amide bonds. The Labute approximate surface area is 112 Å². The summed E-state index contributed by atoms with van der Waals surface area (Å²) < 4.78 is 6.83. The number of aromatic hydroxyl groups is 1. The fraction of sp³-hybridized carbons (Fsp3) is 0.357. The van der Waals surface area contributed by atoms with Crippen molar-refractivity contribution in [2.45, 2.75) is 13.1 Å². The summed E-state index contributed by atoms with van der Waals surface area (Å²) in [7, 11) is 1.69. The zero-order valence-electron chi connectivity index (χ0n) is 11.0. The molecule has 0 aliphatic rings.